The summed E-state index contributed by atoms with van der Waals surface area (Å²) in [5.41, 5.74) is 0.578. The van der Waals surface area contributed by atoms with Crippen molar-refractivity contribution < 1.29 is 9.53 Å². The second-order valence-corrected chi connectivity index (χ2v) is 6.48. The Morgan fingerprint density at radius 3 is 2.52 bits per heavy atom. The molecule has 1 aliphatic rings. The molecule has 2 aromatic rings. The molecule has 122 valence electrons. The molecule has 1 aromatic carbocycles. The molecule has 0 aliphatic carbocycles. The van der Waals surface area contributed by atoms with Crippen molar-refractivity contribution in [2.45, 2.75) is 25.7 Å². The maximum absolute atomic E-state index is 12.2. The number of hydrogen-bond acceptors (Lipinski definition) is 6. The number of anilines is 1. The zero-order chi connectivity index (χ0) is 16.1. The maximum atomic E-state index is 12.2. The van der Waals surface area contributed by atoms with Crippen LogP contribution in [-0.4, -0.2) is 34.2 Å². The molecule has 2 heterocycles. The minimum Gasteiger partial charge on any atom is -0.466 e. The summed E-state index contributed by atoms with van der Waals surface area (Å²) in [5, 5.41) is 0.606. The molecule has 3 rings (SSSR count). The molecule has 1 aromatic heterocycles. The first kappa shape index (κ1) is 16.2. The van der Waals surface area contributed by atoms with Gasteiger partial charge in [0.05, 0.1) is 11.7 Å². The number of carbonyl (C=O) groups excluding carboxylic acids is 1. The molecule has 23 heavy (non-hydrogen) atoms. The van der Waals surface area contributed by atoms with Crippen LogP contribution in [-0.2, 0) is 0 Å². The van der Waals surface area contributed by atoms with E-state index < -0.39 is 0 Å². The van der Waals surface area contributed by atoms with E-state index in [4.69, 9.17) is 16.3 Å². The van der Waals surface area contributed by atoms with Gasteiger partial charge in [0.15, 0.2) is 12.4 Å². The zero-order valence-corrected chi connectivity index (χ0v) is 14.3. The van der Waals surface area contributed by atoms with Crippen LogP contribution >= 0.6 is 23.3 Å². The molecule has 5 nitrogen and oxygen atoms in total. The highest BCUT2D eigenvalue weighted by Gasteiger charge is 2.19. The van der Waals surface area contributed by atoms with E-state index in [0.29, 0.717) is 16.5 Å². The van der Waals surface area contributed by atoms with Crippen LogP contribution in [0.15, 0.2) is 24.3 Å². The van der Waals surface area contributed by atoms with E-state index in [9.17, 15) is 4.79 Å². The van der Waals surface area contributed by atoms with Crippen molar-refractivity contribution in [1.29, 1.82) is 0 Å². The standard InChI is InChI=1S/C16H18ClN3O2S/c17-13-7-5-12(6-8-13)14(21)11-22-16-15(18-23-19-16)20-9-3-1-2-4-10-20/h5-8H,1-4,9-11H2. The molecule has 0 unspecified atom stereocenters. The van der Waals surface area contributed by atoms with Gasteiger partial charge in [-0.05, 0) is 37.1 Å². The number of Topliss-reactive ketones (excluding diaryl/α,β-unsaturated/α-hetero) is 1. The normalized spacial score (nSPS) is 15.3. The van der Waals surface area contributed by atoms with Gasteiger partial charge in [-0.15, -0.1) is 4.37 Å². The lowest BCUT2D eigenvalue weighted by molar-refractivity contribution is 0.0919. The number of hydrogen-bond donors (Lipinski definition) is 0. The van der Waals surface area contributed by atoms with Gasteiger partial charge in [0.25, 0.3) is 5.88 Å². The SMILES string of the molecule is O=C(COc1nsnc1N1CCCCCC1)c1ccc(Cl)cc1. The van der Waals surface area contributed by atoms with Gasteiger partial charge in [0.1, 0.15) is 0 Å². The Labute approximate surface area is 144 Å². The molecule has 7 heteroatoms. The lowest BCUT2D eigenvalue weighted by Gasteiger charge is -2.20. The molecule has 0 N–H and O–H groups in total. The first-order valence-electron chi connectivity index (χ1n) is 7.73. The Balaban J connectivity index is 1.63. The molecule has 0 atom stereocenters. The summed E-state index contributed by atoms with van der Waals surface area (Å²) in [5.74, 6) is 1.12. The molecule has 0 amide bonds. The number of rotatable bonds is 5. The number of aromatic nitrogens is 2. The largest absolute Gasteiger partial charge is 0.466 e. The molecule has 1 fully saturated rings. The Morgan fingerprint density at radius 1 is 1.13 bits per heavy atom. The van der Waals surface area contributed by atoms with Gasteiger partial charge in [-0.2, -0.15) is 4.37 Å². The quantitative estimate of drug-likeness (QED) is 0.766. The van der Waals surface area contributed by atoms with E-state index in [0.717, 1.165) is 43.5 Å². The minimum atomic E-state index is -0.100. The lowest BCUT2D eigenvalue weighted by Crippen LogP contribution is -2.25. The first-order valence-corrected chi connectivity index (χ1v) is 8.84. The van der Waals surface area contributed by atoms with Crippen molar-refractivity contribution in [3.8, 4) is 5.88 Å². The van der Waals surface area contributed by atoms with Crippen molar-refractivity contribution in [3.05, 3.63) is 34.9 Å². The van der Waals surface area contributed by atoms with Gasteiger partial charge >= 0.3 is 0 Å². The fourth-order valence-electron chi connectivity index (χ4n) is 2.60. The van der Waals surface area contributed by atoms with Gasteiger partial charge in [0, 0.05) is 23.7 Å². The highest BCUT2D eigenvalue weighted by Crippen LogP contribution is 2.28. The summed E-state index contributed by atoms with van der Waals surface area (Å²) < 4.78 is 14.2. The molecular formula is C16H18ClN3O2S. The number of ketones is 1. The minimum absolute atomic E-state index is 0.0477. The number of carbonyl (C=O) groups is 1. The predicted molar refractivity (Wildman–Crippen MR) is 91.9 cm³/mol. The van der Waals surface area contributed by atoms with Gasteiger partial charge in [-0.3, -0.25) is 4.79 Å². The number of benzene rings is 1. The van der Waals surface area contributed by atoms with Gasteiger partial charge in [-0.25, -0.2) is 0 Å². The third kappa shape index (κ3) is 4.20. The Kier molecular flexibility index (Phi) is 5.46. The van der Waals surface area contributed by atoms with Crippen LogP contribution < -0.4 is 9.64 Å². The van der Waals surface area contributed by atoms with E-state index >= 15 is 0 Å². The molecule has 0 bridgehead atoms. The van der Waals surface area contributed by atoms with Crippen molar-refractivity contribution in [1.82, 2.24) is 8.75 Å². The third-order valence-corrected chi connectivity index (χ3v) is 4.61. The van der Waals surface area contributed by atoms with Crippen LogP contribution in [0.3, 0.4) is 0 Å². The molecule has 0 radical (unpaired) electrons. The summed E-state index contributed by atoms with van der Waals surface area (Å²) in [6.45, 7) is 1.88. The summed E-state index contributed by atoms with van der Waals surface area (Å²) in [6.07, 6.45) is 4.81. The summed E-state index contributed by atoms with van der Waals surface area (Å²) in [6, 6.07) is 6.79. The Bertz CT molecular complexity index is 652. The highest BCUT2D eigenvalue weighted by atomic mass is 35.5. The molecule has 1 saturated heterocycles. The second-order valence-electron chi connectivity index (χ2n) is 5.51. The van der Waals surface area contributed by atoms with Gasteiger partial charge in [0.2, 0.25) is 5.82 Å². The molecule has 0 spiro atoms. The van der Waals surface area contributed by atoms with E-state index in [1.165, 1.54) is 12.8 Å². The van der Waals surface area contributed by atoms with Crippen molar-refractivity contribution >= 4 is 34.9 Å². The third-order valence-electron chi connectivity index (χ3n) is 3.85. The van der Waals surface area contributed by atoms with Crippen molar-refractivity contribution in [2.24, 2.45) is 0 Å². The summed E-state index contributed by atoms with van der Waals surface area (Å²) >= 11 is 6.95. The summed E-state index contributed by atoms with van der Waals surface area (Å²) in [4.78, 5) is 14.4. The van der Waals surface area contributed by atoms with E-state index in [1.807, 2.05) is 0 Å². The fourth-order valence-corrected chi connectivity index (χ4v) is 3.24. The topological polar surface area (TPSA) is 55.3 Å². The average Bonchev–Trinajstić information content (AvgIpc) is 2.86. The van der Waals surface area contributed by atoms with Crippen LogP contribution in [0.5, 0.6) is 5.88 Å². The van der Waals surface area contributed by atoms with Crippen LogP contribution in [0.25, 0.3) is 0 Å². The number of ether oxygens (including phenoxy) is 1. The predicted octanol–water partition coefficient (Wildman–Crippen LogP) is 3.83. The maximum Gasteiger partial charge on any atom is 0.271 e. The van der Waals surface area contributed by atoms with Crippen LogP contribution in [0.1, 0.15) is 36.0 Å². The van der Waals surface area contributed by atoms with Gasteiger partial charge in [-0.1, -0.05) is 24.4 Å². The van der Waals surface area contributed by atoms with E-state index in [1.54, 1.807) is 24.3 Å². The average molecular weight is 352 g/mol. The zero-order valence-electron chi connectivity index (χ0n) is 12.7. The highest BCUT2D eigenvalue weighted by molar-refractivity contribution is 6.99. The molecular weight excluding hydrogens is 334 g/mol. The smallest absolute Gasteiger partial charge is 0.271 e. The molecule has 1 aliphatic heterocycles. The van der Waals surface area contributed by atoms with Gasteiger partial charge < -0.3 is 9.64 Å². The number of nitrogens with zero attached hydrogens (tertiary/aromatic N) is 3. The van der Waals surface area contributed by atoms with Crippen LogP contribution in [0.4, 0.5) is 5.82 Å². The monoisotopic (exact) mass is 351 g/mol. The van der Waals surface area contributed by atoms with E-state index in [-0.39, 0.29) is 12.4 Å². The Morgan fingerprint density at radius 2 is 1.83 bits per heavy atom. The lowest BCUT2D eigenvalue weighted by atomic mass is 10.1. The van der Waals surface area contributed by atoms with Crippen molar-refractivity contribution in [3.63, 3.8) is 0 Å². The van der Waals surface area contributed by atoms with Crippen LogP contribution in [0, 0.1) is 0 Å². The van der Waals surface area contributed by atoms with Crippen molar-refractivity contribution in [2.75, 3.05) is 24.6 Å². The second kappa shape index (κ2) is 7.75. The molecule has 0 saturated carbocycles. The number of halogens is 1. The van der Waals surface area contributed by atoms with Crippen LogP contribution in [0.2, 0.25) is 5.02 Å². The summed E-state index contributed by atoms with van der Waals surface area (Å²) in [7, 11) is 0. The van der Waals surface area contributed by atoms with E-state index in [2.05, 4.69) is 13.6 Å². The Hall–Kier alpha value is -1.66. The fraction of sp³-hybridized carbons (Fsp3) is 0.438. The first-order chi connectivity index (χ1) is 11.2.